The van der Waals surface area contributed by atoms with Gasteiger partial charge in [-0.3, -0.25) is 0 Å². The van der Waals surface area contributed by atoms with E-state index in [0.717, 1.165) is 6.07 Å². The minimum atomic E-state index is -3.74. The van der Waals surface area contributed by atoms with Gasteiger partial charge in [-0.25, -0.2) is 17.5 Å². The first kappa shape index (κ1) is 15.0. The first-order valence-electron chi connectivity index (χ1n) is 5.38. The molecule has 0 fully saturated rings. The Bertz CT molecular complexity index is 478. The molecule has 1 aromatic rings. The molecule has 0 amide bonds. The first-order chi connectivity index (χ1) is 8.45. The van der Waals surface area contributed by atoms with Gasteiger partial charge in [-0.2, -0.15) is 0 Å². The Hall–Kier alpha value is -1.02. The fourth-order valence-electron chi connectivity index (χ4n) is 1.35. The van der Waals surface area contributed by atoms with Crippen LogP contribution in [0.1, 0.15) is 6.42 Å². The summed E-state index contributed by atoms with van der Waals surface area (Å²) in [6.45, 7) is 0.199. The smallest absolute Gasteiger partial charge is 0.240 e. The Morgan fingerprint density at radius 1 is 1.50 bits per heavy atom. The van der Waals surface area contributed by atoms with E-state index in [1.165, 1.54) is 25.3 Å². The molecule has 102 valence electrons. The minimum absolute atomic E-state index is 0.0589. The van der Waals surface area contributed by atoms with Gasteiger partial charge in [0.1, 0.15) is 5.82 Å². The van der Waals surface area contributed by atoms with Crippen molar-refractivity contribution >= 4 is 10.0 Å². The number of aliphatic hydroxyl groups excluding tert-OH is 1. The number of rotatable bonds is 7. The molecule has 5 nitrogen and oxygen atoms in total. The summed E-state index contributed by atoms with van der Waals surface area (Å²) in [5, 5.41) is 9.34. The Labute approximate surface area is 106 Å². The summed E-state index contributed by atoms with van der Waals surface area (Å²) in [6.07, 6.45) is -0.507. The third kappa shape index (κ3) is 4.69. The van der Waals surface area contributed by atoms with Gasteiger partial charge in [-0.15, -0.1) is 0 Å². The molecule has 0 saturated heterocycles. The van der Waals surface area contributed by atoms with Crippen molar-refractivity contribution in [1.29, 1.82) is 0 Å². The van der Waals surface area contributed by atoms with Crippen LogP contribution in [0.25, 0.3) is 0 Å². The molecule has 0 saturated carbocycles. The Balaban J connectivity index is 2.55. The van der Waals surface area contributed by atoms with E-state index in [-0.39, 0.29) is 24.5 Å². The maximum Gasteiger partial charge on any atom is 0.240 e. The van der Waals surface area contributed by atoms with E-state index in [4.69, 9.17) is 4.74 Å². The number of halogens is 1. The molecule has 18 heavy (non-hydrogen) atoms. The third-order valence-corrected chi connectivity index (χ3v) is 3.69. The number of hydrogen-bond donors (Lipinski definition) is 2. The van der Waals surface area contributed by atoms with Crippen molar-refractivity contribution in [3.05, 3.63) is 30.1 Å². The van der Waals surface area contributed by atoms with Crippen LogP contribution in [-0.2, 0) is 14.8 Å². The molecule has 1 aromatic carbocycles. The highest BCUT2D eigenvalue weighted by Gasteiger charge is 2.14. The predicted molar refractivity (Wildman–Crippen MR) is 64.1 cm³/mol. The van der Waals surface area contributed by atoms with Gasteiger partial charge >= 0.3 is 0 Å². The summed E-state index contributed by atoms with van der Waals surface area (Å²) in [5.74, 6) is -0.614. The van der Waals surface area contributed by atoms with E-state index < -0.39 is 21.9 Å². The fourth-order valence-corrected chi connectivity index (χ4v) is 2.43. The molecule has 0 radical (unpaired) electrons. The van der Waals surface area contributed by atoms with Crippen LogP contribution in [0.15, 0.2) is 29.2 Å². The van der Waals surface area contributed by atoms with Crippen LogP contribution in [0.5, 0.6) is 0 Å². The van der Waals surface area contributed by atoms with Crippen molar-refractivity contribution in [2.24, 2.45) is 0 Å². The van der Waals surface area contributed by atoms with Crippen molar-refractivity contribution in [1.82, 2.24) is 4.72 Å². The van der Waals surface area contributed by atoms with Crippen LogP contribution in [0.4, 0.5) is 4.39 Å². The lowest BCUT2D eigenvalue weighted by Crippen LogP contribution is -2.28. The van der Waals surface area contributed by atoms with Gasteiger partial charge in [0, 0.05) is 13.7 Å². The van der Waals surface area contributed by atoms with Gasteiger partial charge in [-0.05, 0) is 24.6 Å². The molecule has 0 aliphatic rings. The number of ether oxygens (including phenoxy) is 1. The molecule has 0 aliphatic carbocycles. The van der Waals surface area contributed by atoms with E-state index in [2.05, 4.69) is 4.72 Å². The second kappa shape index (κ2) is 6.79. The zero-order valence-corrected chi connectivity index (χ0v) is 10.8. The molecular weight excluding hydrogens is 261 g/mol. The zero-order valence-electron chi connectivity index (χ0n) is 9.97. The topological polar surface area (TPSA) is 75.6 Å². The predicted octanol–water partition coefficient (Wildman–Crippen LogP) is 0.501. The van der Waals surface area contributed by atoms with E-state index in [1.807, 2.05) is 0 Å². The van der Waals surface area contributed by atoms with Crippen LogP contribution in [0.3, 0.4) is 0 Å². The highest BCUT2D eigenvalue weighted by Crippen LogP contribution is 2.10. The zero-order chi connectivity index (χ0) is 13.6. The summed E-state index contributed by atoms with van der Waals surface area (Å²) >= 11 is 0. The second-order valence-corrected chi connectivity index (χ2v) is 5.52. The Kier molecular flexibility index (Phi) is 5.67. The summed E-state index contributed by atoms with van der Waals surface area (Å²) < 4.78 is 43.4. The molecule has 1 rings (SSSR count). The minimum Gasteiger partial charge on any atom is -0.391 e. The van der Waals surface area contributed by atoms with E-state index in [1.54, 1.807) is 0 Å². The highest BCUT2D eigenvalue weighted by atomic mass is 32.2. The SMILES string of the molecule is COCC(O)CCNS(=O)(=O)c1cccc(F)c1. The standard InChI is InChI=1S/C11H16FNO4S/c1-17-8-10(14)5-6-13-18(15,16)11-4-2-3-9(12)7-11/h2-4,7,10,13-14H,5-6,8H2,1H3. The van der Waals surface area contributed by atoms with E-state index in [9.17, 15) is 17.9 Å². The first-order valence-corrected chi connectivity index (χ1v) is 6.86. The average molecular weight is 277 g/mol. The molecule has 0 aromatic heterocycles. The molecule has 0 bridgehead atoms. The van der Waals surface area contributed by atoms with E-state index in [0.29, 0.717) is 0 Å². The van der Waals surface area contributed by atoms with Crippen molar-refractivity contribution < 1.29 is 22.7 Å². The highest BCUT2D eigenvalue weighted by molar-refractivity contribution is 7.89. The Morgan fingerprint density at radius 3 is 2.83 bits per heavy atom. The largest absolute Gasteiger partial charge is 0.391 e. The number of methoxy groups -OCH3 is 1. The number of nitrogens with one attached hydrogen (secondary N) is 1. The molecule has 0 aliphatic heterocycles. The van der Waals surface area contributed by atoms with Gasteiger partial charge in [0.2, 0.25) is 10.0 Å². The van der Waals surface area contributed by atoms with Gasteiger partial charge in [0.05, 0.1) is 17.6 Å². The van der Waals surface area contributed by atoms with Crippen LogP contribution in [0.2, 0.25) is 0 Å². The quantitative estimate of drug-likeness (QED) is 0.761. The monoisotopic (exact) mass is 277 g/mol. The van der Waals surface area contributed by atoms with Gasteiger partial charge < -0.3 is 9.84 Å². The molecule has 2 N–H and O–H groups in total. The lowest BCUT2D eigenvalue weighted by Gasteiger charge is -2.10. The lowest BCUT2D eigenvalue weighted by molar-refractivity contribution is 0.0603. The van der Waals surface area contributed by atoms with Crippen LogP contribution < -0.4 is 4.72 Å². The summed E-state index contributed by atoms with van der Waals surface area (Å²) in [7, 11) is -2.29. The van der Waals surface area contributed by atoms with E-state index >= 15 is 0 Å². The number of sulfonamides is 1. The van der Waals surface area contributed by atoms with Crippen molar-refractivity contribution in [3.8, 4) is 0 Å². The average Bonchev–Trinajstić information content (AvgIpc) is 2.29. The van der Waals surface area contributed by atoms with Crippen LogP contribution >= 0.6 is 0 Å². The molecule has 0 spiro atoms. The molecule has 1 unspecified atom stereocenters. The second-order valence-electron chi connectivity index (χ2n) is 3.75. The normalized spacial score (nSPS) is 13.5. The molecule has 1 atom stereocenters. The molecule has 0 heterocycles. The maximum absolute atomic E-state index is 12.9. The Morgan fingerprint density at radius 2 is 2.22 bits per heavy atom. The van der Waals surface area contributed by atoms with Crippen LogP contribution in [0, 0.1) is 5.82 Å². The summed E-state index contributed by atoms with van der Waals surface area (Å²) in [4.78, 5) is -0.135. The molecular formula is C11H16FNO4S. The fraction of sp³-hybridized carbons (Fsp3) is 0.455. The van der Waals surface area contributed by atoms with Gasteiger partial charge in [-0.1, -0.05) is 6.07 Å². The van der Waals surface area contributed by atoms with Crippen molar-refractivity contribution in [2.45, 2.75) is 17.4 Å². The molecule has 7 heteroatoms. The summed E-state index contributed by atoms with van der Waals surface area (Å²) in [5.41, 5.74) is 0. The lowest BCUT2D eigenvalue weighted by atomic mass is 10.3. The maximum atomic E-state index is 12.9. The van der Waals surface area contributed by atoms with Crippen LogP contribution in [-0.4, -0.2) is 39.9 Å². The van der Waals surface area contributed by atoms with Gasteiger partial charge in [0.25, 0.3) is 0 Å². The third-order valence-electron chi connectivity index (χ3n) is 2.24. The van der Waals surface area contributed by atoms with Crippen molar-refractivity contribution in [2.75, 3.05) is 20.3 Å². The summed E-state index contributed by atoms with van der Waals surface area (Å²) in [6, 6.07) is 4.73. The van der Waals surface area contributed by atoms with Gasteiger partial charge in [0.15, 0.2) is 0 Å². The number of aliphatic hydroxyl groups is 1. The number of hydrogen-bond acceptors (Lipinski definition) is 4. The number of benzene rings is 1. The van der Waals surface area contributed by atoms with Crippen molar-refractivity contribution in [3.63, 3.8) is 0 Å².